The molecule has 20 heavy (non-hydrogen) atoms. The molecule has 0 unspecified atom stereocenters. The SMILES string of the molecule is CC(C)(C)OC(=O)Nc1nc(CS)c2ccccc2n1. The van der Waals surface area contributed by atoms with Crippen LogP contribution in [0.1, 0.15) is 26.5 Å². The molecule has 0 fully saturated rings. The molecular weight excluding hydrogens is 274 g/mol. The van der Waals surface area contributed by atoms with Crippen molar-refractivity contribution in [3.8, 4) is 0 Å². The quantitative estimate of drug-likeness (QED) is 0.832. The number of aromatic nitrogens is 2. The van der Waals surface area contributed by atoms with Crippen LogP contribution in [0.5, 0.6) is 0 Å². The highest BCUT2D eigenvalue weighted by Crippen LogP contribution is 2.19. The lowest BCUT2D eigenvalue weighted by atomic mass is 10.2. The number of nitrogens with one attached hydrogen (secondary N) is 1. The van der Waals surface area contributed by atoms with Gasteiger partial charge in [-0.25, -0.2) is 14.8 Å². The molecule has 2 rings (SSSR count). The number of ether oxygens (including phenoxy) is 1. The van der Waals surface area contributed by atoms with Gasteiger partial charge in [0.05, 0.1) is 11.2 Å². The third-order valence-electron chi connectivity index (χ3n) is 2.44. The Balaban J connectivity index is 2.29. The Morgan fingerprint density at radius 2 is 2.00 bits per heavy atom. The van der Waals surface area contributed by atoms with Crippen LogP contribution in [-0.4, -0.2) is 21.7 Å². The Morgan fingerprint density at radius 1 is 1.30 bits per heavy atom. The molecule has 6 heteroatoms. The number of anilines is 1. The molecule has 0 radical (unpaired) electrons. The van der Waals surface area contributed by atoms with Gasteiger partial charge in [-0.3, -0.25) is 5.32 Å². The Morgan fingerprint density at radius 3 is 2.65 bits per heavy atom. The van der Waals surface area contributed by atoms with Crippen LogP contribution in [0, 0.1) is 0 Å². The Labute approximate surface area is 123 Å². The van der Waals surface area contributed by atoms with Gasteiger partial charge in [-0.15, -0.1) is 0 Å². The van der Waals surface area contributed by atoms with Crippen molar-refractivity contribution in [1.82, 2.24) is 9.97 Å². The fraction of sp³-hybridized carbons (Fsp3) is 0.357. The molecule has 0 saturated carbocycles. The highest BCUT2D eigenvalue weighted by Gasteiger charge is 2.17. The Bertz CT molecular complexity index is 638. The lowest BCUT2D eigenvalue weighted by Crippen LogP contribution is -2.27. The summed E-state index contributed by atoms with van der Waals surface area (Å²) in [6.45, 7) is 5.40. The van der Waals surface area contributed by atoms with Crippen molar-refractivity contribution >= 4 is 35.6 Å². The third-order valence-corrected chi connectivity index (χ3v) is 2.74. The summed E-state index contributed by atoms with van der Waals surface area (Å²) in [4.78, 5) is 20.3. The van der Waals surface area contributed by atoms with E-state index in [2.05, 4.69) is 27.9 Å². The van der Waals surface area contributed by atoms with Crippen molar-refractivity contribution in [2.24, 2.45) is 0 Å². The molecule has 1 aromatic carbocycles. The fourth-order valence-corrected chi connectivity index (χ4v) is 1.95. The molecule has 1 amide bonds. The minimum Gasteiger partial charge on any atom is -0.444 e. The van der Waals surface area contributed by atoms with E-state index in [1.54, 1.807) is 20.8 Å². The van der Waals surface area contributed by atoms with Gasteiger partial charge in [0.1, 0.15) is 5.60 Å². The zero-order chi connectivity index (χ0) is 14.8. The van der Waals surface area contributed by atoms with Crippen molar-refractivity contribution in [2.45, 2.75) is 32.1 Å². The standard InChI is InChI=1S/C14H17N3O2S/c1-14(2,3)19-13(18)17-12-15-10-7-5-4-6-9(10)11(8-20)16-12/h4-7,20H,8H2,1-3H3,(H,15,16,17,18). The number of benzene rings is 1. The maximum absolute atomic E-state index is 11.7. The molecular formula is C14H17N3O2S. The van der Waals surface area contributed by atoms with E-state index in [1.807, 2.05) is 24.3 Å². The Kier molecular flexibility index (Phi) is 4.13. The first-order valence-corrected chi connectivity index (χ1v) is 6.89. The molecule has 0 atom stereocenters. The summed E-state index contributed by atoms with van der Waals surface area (Å²) in [6.07, 6.45) is -0.571. The van der Waals surface area contributed by atoms with E-state index >= 15 is 0 Å². The summed E-state index contributed by atoms with van der Waals surface area (Å²) in [5.41, 5.74) is 0.968. The zero-order valence-electron chi connectivity index (χ0n) is 11.7. The molecule has 0 bridgehead atoms. The third kappa shape index (κ3) is 3.60. The highest BCUT2D eigenvalue weighted by atomic mass is 32.1. The fourth-order valence-electron chi connectivity index (χ4n) is 1.71. The minimum atomic E-state index is -0.571. The molecule has 106 valence electrons. The molecule has 1 heterocycles. The number of para-hydroxylation sites is 1. The van der Waals surface area contributed by atoms with Crippen LogP contribution in [-0.2, 0) is 10.5 Å². The van der Waals surface area contributed by atoms with Gasteiger partial charge >= 0.3 is 6.09 Å². The molecule has 2 aromatic rings. The van der Waals surface area contributed by atoms with Crippen molar-refractivity contribution in [1.29, 1.82) is 0 Å². The van der Waals surface area contributed by atoms with Crippen LogP contribution in [0.3, 0.4) is 0 Å². The number of thiol groups is 1. The van der Waals surface area contributed by atoms with Gasteiger partial charge in [0.2, 0.25) is 5.95 Å². The van der Waals surface area contributed by atoms with Gasteiger partial charge in [0.15, 0.2) is 0 Å². The van der Waals surface area contributed by atoms with Crippen LogP contribution in [0.25, 0.3) is 10.9 Å². The number of amides is 1. The van der Waals surface area contributed by atoms with Gasteiger partial charge in [-0.1, -0.05) is 18.2 Å². The van der Waals surface area contributed by atoms with E-state index < -0.39 is 11.7 Å². The van der Waals surface area contributed by atoms with Crippen molar-refractivity contribution in [2.75, 3.05) is 5.32 Å². The lowest BCUT2D eigenvalue weighted by molar-refractivity contribution is 0.0634. The van der Waals surface area contributed by atoms with Gasteiger partial charge in [0, 0.05) is 11.1 Å². The number of fused-ring (bicyclic) bond motifs is 1. The average molecular weight is 291 g/mol. The van der Waals surface area contributed by atoms with E-state index in [4.69, 9.17) is 4.74 Å². The van der Waals surface area contributed by atoms with Crippen LogP contribution in [0.4, 0.5) is 10.7 Å². The monoisotopic (exact) mass is 291 g/mol. The van der Waals surface area contributed by atoms with Crippen LogP contribution >= 0.6 is 12.6 Å². The summed E-state index contributed by atoms with van der Waals surface area (Å²) in [7, 11) is 0. The van der Waals surface area contributed by atoms with Crippen LogP contribution in [0.2, 0.25) is 0 Å². The summed E-state index contributed by atoms with van der Waals surface area (Å²) < 4.78 is 5.18. The molecule has 1 aromatic heterocycles. The van der Waals surface area contributed by atoms with Gasteiger partial charge in [-0.2, -0.15) is 12.6 Å². The highest BCUT2D eigenvalue weighted by molar-refractivity contribution is 7.79. The van der Waals surface area contributed by atoms with E-state index in [9.17, 15) is 4.79 Å². The summed E-state index contributed by atoms with van der Waals surface area (Å²) in [5, 5.41) is 3.48. The van der Waals surface area contributed by atoms with E-state index in [0.29, 0.717) is 5.75 Å². The number of hydrogen-bond donors (Lipinski definition) is 2. The first-order valence-electron chi connectivity index (χ1n) is 6.25. The number of carbonyl (C=O) groups is 1. The van der Waals surface area contributed by atoms with Crippen LogP contribution < -0.4 is 5.32 Å². The van der Waals surface area contributed by atoms with E-state index in [-0.39, 0.29) is 5.95 Å². The maximum Gasteiger partial charge on any atom is 0.414 e. The summed E-state index contributed by atoms with van der Waals surface area (Å²) in [5.74, 6) is 0.688. The normalized spacial score (nSPS) is 11.4. The zero-order valence-corrected chi connectivity index (χ0v) is 12.6. The molecule has 1 N–H and O–H groups in total. The molecule has 0 spiro atoms. The summed E-state index contributed by atoms with van der Waals surface area (Å²) >= 11 is 4.26. The minimum absolute atomic E-state index is 0.224. The smallest absolute Gasteiger partial charge is 0.414 e. The van der Waals surface area contributed by atoms with Crippen molar-refractivity contribution < 1.29 is 9.53 Å². The van der Waals surface area contributed by atoms with Crippen molar-refractivity contribution in [3.63, 3.8) is 0 Å². The first kappa shape index (κ1) is 14.6. The maximum atomic E-state index is 11.7. The second-order valence-electron chi connectivity index (χ2n) is 5.30. The first-order chi connectivity index (χ1) is 9.39. The predicted molar refractivity (Wildman–Crippen MR) is 82.1 cm³/mol. The molecule has 0 saturated heterocycles. The number of carbonyl (C=O) groups excluding carboxylic acids is 1. The topological polar surface area (TPSA) is 64.1 Å². The summed E-state index contributed by atoms with van der Waals surface area (Å²) in [6, 6.07) is 7.59. The number of nitrogens with zero attached hydrogens (tertiary/aromatic N) is 2. The molecule has 5 nitrogen and oxygen atoms in total. The van der Waals surface area contributed by atoms with E-state index in [1.165, 1.54) is 0 Å². The lowest BCUT2D eigenvalue weighted by Gasteiger charge is -2.19. The number of rotatable bonds is 2. The molecule has 0 aliphatic rings. The number of hydrogen-bond acceptors (Lipinski definition) is 5. The van der Waals surface area contributed by atoms with Crippen molar-refractivity contribution in [3.05, 3.63) is 30.0 Å². The van der Waals surface area contributed by atoms with Crippen LogP contribution in [0.15, 0.2) is 24.3 Å². The van der Waals surface area contributed by atoms with Gasteiger partial charge in [-0.05, 0) is 26.8 Å². The van der Waals surface area contributed by atoms with Gasteiger partial charge < -0.3 is 4.74 Å². The molecule has 0 aliphatic heterocycles. The van der Waals surface area contributed by atoms with E-state index in [0.717, 1.165) is 16.6 Å². The predicted octanol–water partition coefficient (Wildman–Crippen LogP) is 3.41. The second kappa shape index (κ2) is 5.66. The average Bonchev–Trinajstić information content (AvgIpc) is 2.35. The van der Waals surface area contributed by atoms with Gasteiger partial charge in [0.25, 0.3) is 0 Å². The second-order valence-corrected chi connectivity index (χ2v) is 5.61. The molecule has 0 aliphatic carbocycles. The Hall–Kier alpha value is -1.82. The largest absolute Gasteiger partial charge is 0.444 e.